The second-order valence-corrected chi connectivity index (χ2v) is 3.53. The van der Waals surface area contributed by atoms with Gasteiger partial charge in [-0.1, -0.05) is 0 Å². The van der Waals surface area contributed by atoms with Crippen LogP contribution in [0.15, 0.2) is 0 Å². The summed E-state index contributed by atoms with van der Waals surface area (Å²) in [5, 5.41) is 0. The minimum absolute atomic E-state index is 0. The van der Waals surface area contributed by atoms with Gasteiger partial charge in [-0.15, -0.1) is 0 Å². The van der Waals surface area contributed by atoms with Crippen LogP contribution in [0.2, 0.25) is 0 Å². The Labute approximate surface area is 137 Å². The van der Waals surface area contributed by atoms with Crippen molar-refractivity contribution in [2.45, 2.75) is 0 Å². The molecule has 0 bridgehead atoms. The average Bonchev–Trinajstić information content (AvgIpc) is 1.12. The Morgan fingerprint density at radius 2 is 0.917 bits per heavy atom. The summed E-state index contributed by atoms with van der Waals surface area (Å²) in [6.07, 6.45) is 0. The fourth-order valence-electron chi connectivity index (χ4n) is 0. The first kappa shape index (κ1) is 24.1. The van der Waals surface area contributed by atoms with E-state index in [1.54, 1.807) is 0 Å². The van der Waals surface area contributed by atoms with Gasteiger partial charge in [0.05, 0.1) is 0 Å². The van der Waals surface area contributed by atoms with Gasteiger partial charge in [0.1, 0.15) is 0 Å². The molecule has 0 atom stereocenters. The Hall–Kier alpha value is 2.74. The Balaban J connectivity index is -0.0000000457. The molecule has 64 valence electrons. The number of hydrogen-bond donors (Lipinski definition) is 2. The van der Waals surface area contributed by atoms with Gasteiger partial charge < -0.3 is 0 Å². The molecule has 0 aromatic rings. The summed E-state index contributed by atoms with van der Waals surface area (Å²) in [6, 6.07) is 0. The molecule has 8 nitrogen and oxygen atoms in total. The van der Waals surface area contributed by atoms with Crippen molar-refractivity contribution in [2.75, 3.05) is 0 Å². The van der Waals surface area contributed by atoms with Gasteiger partial charge in [-0.05, 0) is 0 Å². The van der Waals surface area contributed by atoms with E-state index < -0.39 is 27.2 Å². The van der Waals surface area contributed by atoms with Crippen molar-refractivity contribution in [2.24, 2.45) is 0 Å². The molecule has 0 saturated carbocycles. The predicted molar refractivity (Wildman–Crippen MR) is 7.18 cm³/mol. The van der Waals surface area contributed by atoms with E-state index in [0.717, 1.165) is 0 Å². The maximum absolute atomic E-state index is 8.82. The van der Waals surface area contributed by atoms with Crippen LogP contribution in [-0.2, 0) is 42.4 Å². The Morgan fingerprint density at radius 1 is 0.917 bits per heavy atom. The summed E-state index contributed by atoms with van der Waals surface area (Å²) in [4.78, 5) is 0. The van der Waals surface area contributed by atoms with Crippen molar-refractivity contribution < 1.29 is 140 Å². The third-order valence-corrected chi connectivity index (χ3v) is 0. The summed E-state index contributed by atoms with van der Waals surface area (Å²) in [5.41, 5.74) is 0. The zero-order valence-electron chi connectivity index (χ0n) is 6.16. The fraction of sp³-hybridized carbons (Fsp3) is 0. The van der Waals surface area contributed by atoms with E-state index in [-0.39, 0.29) is 80.9 Å². The molecule has 0 aliphatic carbocycles. The normalized spacial score (nSPS) is 9.67. The molecular weight excluding hydrogens is 294 g/mol. The standard InChI is InChI=1S/2Cr.K.Na.2H2O.6O/h;;;;2*1H2;;;;;;/q;+2;2*+1;;;;;;;2*-1/p-2. The summed E-state index contributed by atoms with van der Waals surface area (Å²) in [6.45, 7) is 0. The molecule has 0 rings (SSSR count). The molecule has 0 saturated heterocycles. The summed E-state index contributed by atoms with van der Waals surface area (Å²) < 4.78 is 66.2. The van der Waals surface area contributed by atoms with Crippen LogP contribution in [0.1, 0.15) is 0 Å². The molecular formula is H2Cr2KNaO8. The molecule has 0 fully saturated rings. The van der Waals surface area contributed by atoms with Gasteiger partial charge in [-0.25, -0.2) is 0 Å². The van der Waals surface area contributed by atoms with Crippen LogP contribution in [0.25, 0.3) is 0 Å². The summed E-state index contributed by atoms with van der Waals surface area (Å²) >= 11 is -11.0. The molecule has 0 aromatic heterocycles. The van der Waals surface area contributed by atoms with E-state index in [4.69, 9.17) is 31.8 Å². The SMILES string of the molecule is [K+].[Na+].[O]=[Cr](=[O])([O-])[O-].[O]=[Cr](=[O])([OH])[OH]. The van der Waals surface area contributed by atoms with Crippen molar-refractivity contribution in [3.63, 3.8) is 0 Å². The van der Waals surface area contributed by atoms with E-state index in [1.807, 2.05) is 0 Å². The van der Waals surface area contributed by atoms with Crippen molar-refractivity contribution in [1.29, 1.82) is 0 Å². The first-order valence-electron chi connectivity index (χ1n) is 1.37. The third-order valence-electron chi connectivity index (χ3n) is 0. The number of hydrogen-bond acceptors (Lipinski definition) is 6. The van der Waals surface area contributed by atoms with E-state index in [2.05, 4.69) is 0 Å². The van der Waals surface area contributed by atoms with Gasteiger partial charge in [0, 0.05) is 0 Å². The zero-order chi connectivity index (χ0) is 9.00. The zero-order valence-corrected chi connectivity index (χ0v) is 13.8. The van der Waals surface area contributed by atoms with E-state index in [0.29, 0.717) is 0 Å². The van der Waals surface area contributed by atoms with Gasteiger partial charge in [0.25, 0.3) is 0 Å². The van der Waals surface area contributed by atoms with Crippen LogP contribution in [0, 0.1) is 0 Å². The first-order chi connectivity index (χ1) is 4.00. The Kier molecular flexibility index (Phi) is 20.6. The number of rotatable bonds is 0. The van der Waals surface area contributed by atoms with Crippen LogP contribution in [0.4, 0.5) is 0 Å². The van der Waals surface area contributed by atoms with Crippen LogP contribution in [-0.4, -0.2) is 8.32 Å². The minimum atomic E-state index is -5.75. The quantitative estimate of drug-likeness (QED) is 0.417. The molecule has 0 aliphatic heterocycles. The van der Waals surface area contributed by atoms with Crippen LogP contribution in [0.5, 0.6) is 0 Å². The van der Waals surface area contributed by atoms with E-state index in [1.165, 1.54) is 0 Å². The predicted octanol–water partition coefficient (Wildman–Crippen LogP) is -9.96. The van der Waals surface area contributed by atoms with Gasteiger partial charge in [-0.3, -0.25) is 0 Å². The van der Waals surface area contributed by atoms with Crippen LogP contribution < -0.4 is 89.3 Å². The molecule has 12 heteroatoms. The van der Waals surface area contributed by atoms with Crippen molar-refractivity contribution >= 4 is 0 Å². The van der Waals surface area contributed by atoms with E-state index >= 15 is 0 Å². The van der Waals surface area contributed by atoms with Crippen molar-refractivity contribution in [3.05, 3.63) is 0 Å². The monoisotopic (exact) mass is 296 g/mol. The first-order valence-corrected chi connectivity index (χ1v) is 5.63. The van der Waals surface area contributed by atoms with Crippen LogP contribution >= 0.6 is 0 Å². The fourth-order valence-corrected chi connectivity index (χ4v) is 0. The molecule has 0 unspecified atom stereocenters. The van der Waals surface area contributed by atoms with E-state index in [9.17, 15) is 0 Å². The van der Waals surface area contributed by atoms with Crippen LogP contribution in [0.3, 0.4) is 0 Å². The topological polar surface area (TPSA) is 155 Å². The second-order valence-electron chi connectivity index (χ2n) is 0.856. The van der Waals surface area contributed by atoms with Crippen molar-refractivity contribution in [3.8, 4) is 0 Å². The second kappa shape index (κ2) is 10.3. The molecule has 0 aromatic carbocycles. The third kappa shape index (κ3) is 234. The molecule has 0 radical (unpaired) electrons. The molecule has 0 aliphatic rings. The summed E-state index contributed by atoms with van der Waals surface area (Å²) in [5.74, 6) is 0. The van der Waals surface area contributed by atoms with Gasteiger partial charge in [0.2, 0.25) is 0 Å². The maximum atomic E-state index is 8.82. The Bertz CT molecular complexity index is 213. The molecule has 12 heavy (non-hydrogen) atoms. The molecule has 0 spiro atoms. The van der Waals surface area contributed by atoms with Gasteiger partial charge in [-0.2, -0.15) is 0 Å². The Morgan fingerprint density at radius 3 is 0.917 bits per heavy atom. The average molecular weight is 296 g/mol. The van der Waals surface area contributed by atoms with Gasteiger partial charge in [0.15, 0.2) is 0 Å². The molecule has 0 heterocycles. The summed E-state index contributed by atoms with van der Waals surface area (Å²) in [7, 11) is 0. The molecule has 0 amide bonds. The van der Waals surface area contributed by atoms with Crippen molar-refractivity contribution in [1.82, 2.24) is 0 Å². The van der Waals surface area contributed by atoms with Gasteiger partial charge >= 0.3 is 140 Å². The molecule has 2 N–H and O–H groups in total.